The van der Waals surface area contributed by atoms with E-state index >= 15 is 0 Å². The molecule has 0 spiro atoms. The third kappa shape index (κ3) is 2.30. The molecule has 2 aliphatic rings. The van der Waals surface area contributed by atoms with Gasteiger partial charge in [0.1, 0.15) is 14.9 Å². The summed E-state index contributed by atoms with van der Waals surface area (Å²) in [4.78, 5) is 23.7. The molecule has 0 fully saturated rings. The van der Waals surface area contributed by atoms with E-state index < -0.39 is 32.9 Å². The van der Waals surface area contributed by atoms with Crippen molar-refractivity contribution in [1.82, 2.24) is 0 Å². The van der Waals surface area contributed by atoms with E-state index in [1.807, 2.05) is 0 Å². The number of ketones is 2. The van der Waals surface area contributed by atoms with Gasteiger partial charge in [0, 0.05) is 12.0 Å². The van der Waals surface area contributed by atoms with Crippen molar-refractivity contribution in [3.8, 4) is 0 Å². The Balaban J connectivity index is 0.00000162. The first-order chi connectivity index (χ1) is 7.77. The van der Waals surface area contributed by atoms with E-state index in [0.29, 0.717) is 13.0 Å². The molecule has 1 aliphatic heterocycles. The molecule has 0 aromatic rings. The van der Waals surface area contributed by atoms with Gasteiger partial charge in [-0.25, -0.2) is 8.42 Å². The van der Waals surface area contributed by atoms with Gasteiger partial charge in [0.05, 0.1) is 6.61 Å². The van der Waals surface area contributed by atoms with Crippen LogP contribution in [0.2, 0.25) is 0 Å². The molecule has 0 amide bonds. The van der Waals surface area contributed by atoms with E-state index in [0.717, 1.165) is 6.92 Å². The summed E-state index contributed by atoms with van der Waals surface area (Å²) in [5.74, 6) is -1.43. The number of ether oxygens (including phenoxy) is 1. The Hall–Kier alpha value is -0.210. The van der Waals surface area contributed by atoms with Gasteiger partial charge in [-0.1, -0.05) is 0 Å². The molecule has 18 heavy (non-hydrogen) atoms. The summed E-state index contributed by atoms with van der Waals surface area (Å²) in [6.45, 7) is 1.34. The maximum Gasteiger partial charge on any atom is 1.00 e. The fraction of sp³-hybridized carbons (Fsp3) is 0.600. The molecule has 1 aliphatic carbocycles. The van der Waals surface area contributed by atoms with Gasteiger partial charge < -0.3 is 9.29 Å². The molecule has 0 radical (unpaired) electrons. The molecule has 1 unspecified atom stereocenters. The van der Waals surface area contributed by atoms with Crippen LogP contribution in [0.1, 0.15) is 26.2 Å². The third-order valence-electron chi connectivity index (χ3n) is 3.15. The number of hydrogen-bond donors (Lipinski definition) is 0. The Labute approximate surface area is 127 Å². The van der Waals surface area contributed by atoms with Crippen molar-refractivity contribution >= 4 is 21.7 Å². The Morgan fingerprint density at radius 3 is 2.50 bits per heavy atom. The smallest absolute Gasteiger partial charge is 0.747 e. The molecule has 1 heterocycles. The summed E-state index contributed by atoms with van der Waals surface area (Å²) >= 11 is 0. The maximum atomic E-state index is 12.0. The number of rotatable bonds is 1. The topological polar surface area (TPSA) is 101 Å². The average molecular weight is 282 g/mol. The van der Waals surface area contributed by atoms with Gasteiger partial charge >= 0.3 is 29.6 Å². The van der Waals surface area contributed by atoms with E-state index in [9.17, 15) is 22.6 Å². The van der Waals surface area contributed by atoms with Gasteiger partial charge in [0.15, 0.2) is 17.3 Å². The van der Waals surface area contributed by atoms with Gasteiger partial charge in [-0.15, -0.1) is 0 Å². The average Bonchev–Trinajstić information content (AvgIpc) is 2.25. The first-order valence-electron chi connectivity index (χ1n) is 5.17. The number of carbonyl (C=O) groups excluding carboxylic acids is 2. The van der Waals surface area contributed by atoms with E-state index in [1.165, 1.54) is 0 Å². The predicted molar refractivity (Wildman–Crippen MR) is 54.9 cm³/mol. The van der Waals surface area contributed by atoms with Crippen molar-refractivity contribution < 1.29 is 56.9 Å². The monoisotopic (exact) mass is 282 g/mol. The summed E-state index contributed by atoms with van der Waals surface area (Å²) in [6.07, 6.45) is 0.189. The minimum absolute atomic E-state index is 0. The minimum Gasteiger partial charge on any atom is -0.747 e. The minimum atomic E-state index is -4.87. The van der Waals surface area contributed by atoms with Crippen molar-refractivity contribution in [2.75, 3.05) is 6.61 Å². The van der Waals surface area contributed by atoms with E-state index in [4.69, 9.17) is 4.74 Å². The molecular formula is C10H11NaO6S. The molecular weight excluding hydrogens is 271 g/mol. The van der Waals surface area contributed by atoms with Crippen molar-refractivity contribution in [2.45, 2.75) is 30.9 Å². The summed E-state index contributed by atoms with van der Waals surface area (Å²) in [5, 5.41) is 0. The molecule has 1 atom stereocenters. The Morgan fingerprint density at radius 1 is 1.33 bits per heavy atom. The first kappa shape index (κ1) is 15.8. The van der Waals surface area contributed by atoms with Gasteiger partial charge in [0.25, 0.3) is 0 Å². The van der Waals surface area contributed by atoms with Gasteiger partial charge in [-0.3, -0.25) is 9.59 Å². The van der Waals surface area contributed by atoms with E-state index in [1.54, 1.807) is 0 Å². The third-order valence-corrected chi connectivity index (χ3v) is 4.58. The van der Waals surface area contributed by atoms with Crippen molar-refractivity contribution in [1.29, 1.82) is 0 Å². The summed E-state index contributed by atoms with van der Waals surface area (Å²) in [6, 6.07) is 0. The number of Topliss-reactive ketones (excluding diaryl/α,β-unsaturated/α-hetero) is 2. The number of allylic oxidation sites excluding steroid dienone is 2. The van der Waals surface area contributed by atoms with Crippen LogP contribution in [0.4, 0.5) is 0 Å². The zero-order valence-corrected chi connectivity index (χ0v) is 13.0. The zero-order valence-electron chi connectivity index (χ0n) is 10.2. The fourth-order valence-corrected chi connectivity index (χ4v) is 2.74. The molecule has 8 heteroatoms. The second kappa shape index (κ2) is 5.05. The Morgan fingerprint density at radius 2 is 1.94 bits per heavy atom. The normalized spacial score (nSPS) is 28.3. The summed E-state index contributed by atoms with van der Waals surface area (Å²) in [7, 11) is -4.87. The van der Waals surface area contributed by atoms with Crippen LogP contribution in [-0.2, 0) is 24.4 Å². The van der Waals surface area contributed by atoms with Crippen LogP contribution in [0, 0.1) is 0 Å². The molecule has 0 aromatic carbocycles. The molecule has 0 N–H and O–H groups in total. The number of hydrogen-bond acceptors (Lipinski definition) is 6. The van der Waals surface area contributed by atoms with Crippen molar-refractivity contribution in [3.63, 3.8) is 0 Å². The second-order valence-corrected chi connectivity index (χ2v) is 6.18. The zero-order chi connectivity index (χ0) is 12.8. The molecule has 94 valence electrons. The quantitative estimate of drug-likeness (QED) is 0.373. The van der Waals surface area contributed by atoms with Crippen LogP contribution in [0.5, 0.6) is 0 Å². The van der Waals surface area contributed by atoms with Crippen LogP contribution in [0.25, 0.3) is 0 Å². The SMILES string of the molecule is CC1(S(=O)(=O)[O-])CC(=O)C2=C(CCCO2)C1=O.[Na+]. The fourth-order valence-electron chi connectivity index (χ4n) is 2.08. The van der Waals surface area contributed by atoms with Crippen LogP contribution in [0.15, 0.2) is 11.3 Å². The largest absolute Gasteiger partial charge is 1.00 e. The van der Waals surface area contributed by atoms with Gasteiger partial charge in [-0.2, -0.15) is 0 Å². The van der Waals surface area contributed by atoms with Crippen LogP contribution >= 0.6 is 0 Å². The maximum absolute atomic E-state index is 12.0. The Bertz CT molecular complexity index is 535. The van der Waals surface area contributed by atoms with Crippen LogP contribution in [0.3, 0.4) is 0 Å². The molecule has 2 rings (SSSR count). The summed E-state index contributed by atoms with van der Waals surface area (Å²) < 4.78 is 36.3. The summed E-state index contributed by atoms with van der Waals surface area (Å²) in [5.41, 5.74) is 0.0504. The van der Waals surface area contributed by atoms with Crippen LogP contribution < -0.4 is 29.6 Å². The van der Waals surface area contributed by atoms with E-state index in [2.05, 4.69) is 0 Å². The molecule has 0 saturated carbocycles. The Kier molecular flexibility index (Phi) is 4.45. The van der Waals surface area contributed by atoms with Crippen molar-refractivity contribution in [2.24, 2.45) is 0 Å². The van der Waals surface area contributed by atoms with Crippen molar-refractivity contribution in [3.05, 3.63) is 11.3 Å². The standard InChI is InChI=1S/C10H12O6S.Na/c1-10(17(13,14)15)5-7(11)8-6(9(10)12)3-2-4-16-8;/h2-5H2,1H3,(H,13,14,15);/q;+1/p-1. The second-order valence-electron chi connectivity index (χ2n) is 4.37. The molecule has 6 nitrogen and oxygen atoms in total. The first-order valence-corrected chi connectivity index (χ1v) is 6.57. The van der Waals surface area contributed by atoms with Gasteiger partial charge in [0.2, 0.25) is 0 Å². The van der Waals surface area contributed by atoms with Gasteiger partial charge in [-0.05, 0) is 19.8 Å². The molecule has 0 bridgehead atoms. The molecule has 0 saturated heterocycles. The predicted octanol–water partition coefficient (Wildman–Crippen LogP) is -3.10. The number of carbonyl (C=O) groups is 2. The van der Waals surface area contributed by atoms with Crippen LogP contribution in [-0.4, -0.2) is 35.9 Å². The van der Waals surface area contributed by atoms with E-state index in [-0.39, 0.29) is 47.3 Å². The molecule has 0 aromatic heterocycles.